The van der Waals surface area contributed by atoms with Gasteiger partial charge in [-0.15, -0.1) is 0 Å². The zero-order valence-electron chi connectivity index (χ0n) is 24.7. The highest BCUT2D eigenvalue weighted by Crippen LogP contribution is 2.50. The molecule has 1 spiro atoms. The minimum absolute atomic E-state index is 0.177. The molecule has 2 fully saturated rings. The number of esters is 1. The number of aryl methyl sites for hydroxylation is 3. The van der Waals surface area contributed by atoms with E-state index in [1.165, 1.54) is 12.7 Å². The van der Waals surface area contributed by atoms with E-state index in [0.717, 1.165) is 53.5 Å². The molecule has 224 valence electrons. The van der Waals surface area contributed by atoms with Crippen LogP contribution in [0.15, 0.2) is 42.5 Å². The van der Waals surface area contributed by atoms with Crippen LogP contribution >= 0.6 is 0 Å². The number of aromatic nitrogens is 3. The molecule has 1 atom stereocenters. The highest BCUT2D eigenvalue weighted by Gasteiger charge is 2.62. The second kappa shape index (κ2) is 11.4. The SMILES string of the molecule is COC(=O)C[C@H](CN1CC2(CCN(Cc3ccc4c(n3)NCCC4)CC2(F)F)C1)c1cccc(-n2nc(C)cc2C)c1. The molecular formula is C32H40F2N6O2. The molecule has 5 heterocycles. The van der Waals surface area contributed by atoms with Crippen LogP contribution in [0.2, 0.25) is 0 Å². The number of nitrogens with one attached hydrogen (secondary N) is 1. The molecule has 1 aromatic carbocycles. The third-order valence-electron chi connectivity index (χ3n) is 9.21. The Balaban J connectivity index is 1.11. The largest absolute Gasteiger partial charge is 0.469 e. The highest BCUT2D eigenvalue weighted by atomic mass is 19.3. The summed E-state index contributed by atoms with van der Waals surface area (Å²) in [6.45, 7) is 6.81. The molecule has 3 aliphatic heterocycles. The van der Waals surface area contributed by atoms with E-state index in [1.54, 1.807) is 0 Å². The number of alkyl halides is 2. The number of pyridine rings is 1. The first-order valence-electron chi connectivity index (χ1n) is 14.9. The van der Waals surface area contributed by atoms with Gasteiger partial charge in [-0.3, -0.25) is 9.69 Å². The lowest BCUT2D eigenvalue weighted by atomic mass is 9.68. The highest BCUT2D eigenvalue weighted by molar-refractivity contribution is 5.70. The fraction of sp³-hybridized carbons (Fsp3) is 0.531. The van der Waals surface area contributed by atoms with Crippen LogP contribution in [-0.4, -0.2) is 82.8 Å². The number of nitrogens with zero attached hydrogens (tertiary/aromatic N) is 5. The fourth-order valence-corrected chi connectivity index (χ4v) is 6.92. The lowest BCUT2D eigenvalue weighted by Gasteiger charge is -2.58. The van der Waals surface area contributed by atoms with Gasteiger partial charge in [-0.05, 0) is 75.0 Å². The van der Waals surface area contributed by atoms with Crippen LogP contribution in [0.5, 0.6) is 0 Å². The van der Waals surface area contributed by atoms with Crippen molar-refractivity contribution >= 4 is 11.8 Å². The summed E-state index contributed by atoms with van der Waals surface area (Å²) in [7, 11) is 1.38. The van der Waals surface area contributed by atoms with Gasteiger partial charge in [0.1, 0.15) is 5.82 Å². The Morgan fingerprint density at radius 3 is 2.69 bits per heavy atom. The third-order valence-corrected chi connectivity index (χ3v) is 9.21. The summed E-state index contributed by atoms with van der Waals surface area (Å²) in [4.78, 5) is 21.0. The molecule has 42 heavy (non-hydrogen) atoms. The zero-order valence-corrected chi connectivity index (χ0v) is 24.7. The Morgan fingerprint density at radius 1 is 1.12 bits per heavy atom. The van der Waals surface area contributed by atoms with E-state index in [0.29, 0.717) is 39.1 Å². The molecule has 0 amide bonds. The number of anilines is 1. The third kappa shape index (κ3) is 5.66. The molecular weight excluding hydrogens is 538 g/mol. The number of halogens is 2. The van der Waals surface area contributed by atoms with Crippen molar-refractivity contribution in [3.05, 3.63) is 70.7 Å². The molecule has 3 aliphatic rings. The van der Waals surface area contributed by atoms with Crippen molar-refractivity contribution in [2.24, 2.45) is 5.41 Å². The Bertz CT molecular complexity index is 1450. The average molecular weight is 579 g/mol. The summed E-state index contributed by atoms with van der Waals surface area (Å²) in [6, 6.07) is 14.1. The maximum Gasteiger partial charge on any atom is 0.306 e. The lowest BCUT2D eigenvalue weighted by molar-refractivity contribution is -0.226. The van der Waals surface area contributed by atoms with Gasteiger partial charge in [0.05, 0.1) is 42.6 Å². The Hall–Kier alpha value is -3.37. The van der Waals surface area contributed by atoms with Crippen LogP contribution < -0.4 is 5.32 Å². The summed E-state index contributed by atoms with van der Waals surface area (Å²) in [6.07, 6.45) is 2.72. The minimum atomic E-state index is -2.80. The van der Waals surface area contributed by atoms with Crippen LogP contribution in [0.4, 0.5) is 14.6 Å². The smallest absolute Gasteiger partial charge is 0.306 e. The van der Waals surface area contributed by atoms with E-state index < -0.39 is 11.3 Å². The van der Waals surface area contributed by atoms with Crippen LogP contribution in [-0.2, 0) is 22.5 Å². The number of likely N-dealkylation sites (tertiary alicyclic amines) is 2. The molecule has 1 N–H and O–H groups in total. The molecule has 8 nitrogen and oxygen atoms in total. The summed E-state index contributed by atoms with van der Waals surface area (Å²) < 4.78 is 38.3. The normalized spacial score (nSPS) is 20.4. The number of piperidine rings is 1. The van der Waals surface area contributed by atoms with E-state index in [-0.39, 0.29) is 24.9 Å². The molecule has 0 unspecified atom stereocenters. The summed E-state index contributed by atoms with van der Waals surface area (Å²) in [5.74, 6) is -2.39. The quantitative estimate of drug-likeness (QED) is 0.388. The number of methoxy groups -OCH3 is 1. The maximum absolute atomic E-state index is 15.7. The van der Waals surface area contributed by atoms with Gasteiger partial charge in [0.25, 0.3) is 5.92 Å². The fourth-order valence-electron chi connectivity index (χ4n) is 6.92. The average Bonchev–Trinajstić information content (AvgIpc) is 3.30. The Labute approximate surface area is 246 Å². The second-order valence-electron chi connectivity index (χ2n) is 12.4. The Kier molecular flexibility index (Phi) is 7.78. The van der Waals surface area contributed by atoms with Crippen molar-refractivity contribution in [1.82, 2.24) is 24.6 Å². The second-order valence-corrected chi connectivity index (χ2v) is 12.4. The van der Waals surface area contributed by atoms with Crippen LogP contribution in [0.3, 0.4) is 0 Å². The number of carbonyl (C=O) groups excluding carboxylic acids is 1. The van der Waals surface area contributed by atoms with Gasteiger partial charge in [-0.2, -0.15) is 5.10 Å². The molecule has 2 saturated heterocycles. The molecule has 0 saturated carbocycles. The molecule has 10 heteroatoms. The number of fused-ring (bicyclic) bond motifs is 1. The van der Waals surface area contributed by atoms with Crippen molar-refractivity contribution in [1.29, 1.82) is 0 Å². The van der Waals surface area contributed by atoms with Crippen molar-refractivity contribution < 1.29 is 18.3 Å². The van der Waals surface area contributed by atoms with Crippen molar-refractivity contribution in [3.63, 3.8) is 0 Å². The molecule has 0 bridgehead atoms. The molecule has 0 aliphatic carbocycles. The van der Waals surface area contributed by atoms with Gasteiger partial charge in [0.15, 0.2) is 0 Å². The van der Waals surface area contributed by atoms with Gasteiger partial charge in [0.2, 0.25) is 0 Å². The molecule has 2 aromatic heterocycles. The van der Waals surface area contributed by atoms with E-state index in [1.807, 2.05) is 59.8 Å². The van der Waals surface area contributed by atoms with Crippen LogP contribution in [0.25, 0.3) is 5.69 Å². The number of hydrogen-bond acceptors (Lipinski definition) is 7. The number of benzene rings is 1. The van der Waals surface area contributed by atoms with E-state index in [9.17, 15) is 4.79 Å². The summed E-state index contributed by atoms with van der Waals surface area (Å²) >= 11 is 0. The minimum Gasteiger partial charge on any atom is -0.469 e. The number of carbonyl (C=O) groups is 1. The number of ether oxygens (including phenoxy) is 1. The first kappa shape index (κ1) is 28.7. The predicted octanol–water partition coefficient (Wildman–Crippen LogP) is 4.73. The van der Waals surface area contributed by atoms with Crippen LogP contribution in [0.1, 0.15) is 53.4 Å². The predicted molar refractivity (Wildman–Crippen MR) is 157 cm³/mol. The maximum atomic E-state index is 15.7. The van der Waals surface area contributed by atoms with Crippen molar-refractivity contribution in [2.45, 2.75) is 57.9 Å². The first-order chi connectivity index (χ1) is 20.1. The topological polar surface area (TPSA) is 75.5 Å². The summed E-state index contributed by atoms with van der Waals surface area (Å²) in [5.41, 5.74) is 4.83. The standard InChI is InChI=1S/C32H40F2N6O2/c1-22-14-23(2)40(37-22)28-8-4-6-25(15-28)26(16-29(41)42-3)17-39-19-31(20-39)11-13-38(21-32(31,33)34)18-27-10-9-24-7-5-12-35-30(24)36-27/h4,6,8-10,14-15,26H,5,7,11-13,16-21H2,1-3H3,(H,35,36)/t26-/m1/s1. The van der Waals surface area contributed by atoms with Gasteiger partial charge in [-0.1, -0.05) is 18.2 Å². The lowest BCUT2D eigenvalue weighted by Crippen LogP contribution is -2.70. The molecule has 0 radical (unpaired) electrons. The van der Waals surface area contributed by atoms with Crippen molar-refractivity contribution in [3.8, 4) is 5.69 Å². The monoisotopic (exact) mass is 578 g/mol. The number of rotatable bonds is 8. The van der Waals surface area contributed by atoms with Crippen LogP contribution in [0, 0.1) is 19.3 Å². The van der Waals surface area contributed by atoms with E-state index in [4.69, 9.17) is 9.72 Å². The Morgan fingerprint density at radius 2 is 1.95 bits per heavy atom. The van der Waals surface area contributed by atoms with Gasteiger partial charge >= 0.3 is 5.97 Å². The zero-order chi connectivity index (χ0) is 29.5. The van der Waals surface area contributed by atoms with Gasteiger partial charge < -0.3 is 15.0 Å². The number of hydrogen-bond donors (Lipinski definition) is 1. The molecule has 6 rings (SSSR count). The van der Waals surface area contributed by atoms with Crippen molar-refractivity contribution in [2.75, 3.05) is 51.7 Å². The first-order valence-corrected chi connectivity index (χ1v) is 14.9. The molecule has 3 aromatic rings. The van der Waals surface area contributed by atoms with Gasteiger partial charge in [-0.25, -0.2) is 18.4 Å². The summed E-state index contributed by atoms with van der Waals surface area (Å²) in [5, 5.41) is 7.92. The van der Waals surface area contributed by atoms with Gasteiger partial charge in [0, 0.05) is 44.3 Å². The van der Waals surface area contributed by atoms with E-state index >= 15 is 8.78 Å². The van der Waals surface area contributed by atoms with E-state index in [2.05, 4.69) is 21.4 Å².